The van der Waals surface area contributed by atoms with Crippen molar-refractivity contribution in [2.24, 2.45) is 5.92 Å². The van der Waals surface area contributed by atoms with Gasteiger partial charge >= 0.3 is 5.97 Å². The fourth-order valence-electron chi connectivity index (χ4n) is 2.57. The molecule has 2 rings (SSSR count). The van der Waals surface area contributed by atoms with Crippen molar-refractivity contribution >= 4 is 21.5 Å². The van der Waals surface area contributed by atoms with E-state index >= 15 is 0 Å². The predicted molar refractivity (Wildman–Crippen MR) is 76.6 cm³/mol. The lowest BCUT2D eigenvalue weighted by atomic mass is 10.1. The van der Waals surface area contributed by atoms with Crippen molar-refractivity contribution in [3.63, 3.8) is 0 Å². The summed E-state index contributed by atoms with van der Waals surface area (Å²) in [5.74, 6) is -1.06. The Bertz CT molecular complexity index is 597. The SMILES string of the molecule is CCS(=O)(=O)c1ccccc1N[C@H]1CC[C@@H](C(=O)O)C1. The molecule has 2 N–H and O–H groups in total. The Morgan fingerprint density at radius 2 is 2.05 bits per heavy atom. The Hall–Kier alpha value is -1.56. The predicted octanol–water partition coefficient (Wildman–Crippen LogP) is 2.15. The first-order valence-electron chi connectivity index (χ1n) is 6.75. The molecule has 0 aromatic heterocycles. The Morgan fingerprint density at radius 3 is 2.65 bits per heavy atom. The maximum Gasteiger partial charge on any atom is 0.306 e. The monoisotopic (exact) mass is 297 g/mol. The van der Waals surface area contributed by atoms with Crippen LogP contribution in [0, 0.1) is 5.92 Å². The smallest absolute Gasteiger partial charge is 0.306 e. The standard InChI is InChI=1S/C14H19NO4S/c1-2-20(18,19)13-6-4-3-5-12(13)15-11-8-7-10(9-11)14(16)17/h3-6,10-11,15H,2,7-9H2,1H3,(H,16,17)/t10-,11+/m1/s1. The van der Waals surface area contributed by atoms with E-state index in [0.29, 0.717) is 23.4 Å². The lowest BCUT2D eigenvalue weighted by Crippen LogP contribution is -2.19. The highest BCUT2D eigenvalue weighted by molar-refractivity contribution is 7.91. The fourth-order valence-corrected chi connectivity index (χ4v) is 3.63. The summed E-state index contributed by atoms with van der Waals surface area (Å²) in [6, 6.07) is 6.81. The van der Waals surface area contributed by atoms with Gasteiger partial charge in [0, 0.05) is 6.04 Å². The molecule has 5 nitrogen and oxygen atoms in total. The molecule has 2 atom stereocenters. The summed E-state index contributed by atoms with van der Waals surface area (Å²) >= 11 is 0. The molecular weight excluding hydrogens is 278 g/mol. The van der Waals surface area contributed by atoms with Crippen LogP contribution in [0.15, 0.2) is 29.2 Å². The van der Waals surface area contributed by atoms with Crippen LogP contribution in [-0.4, -0.2) is 31.3 Å². The van der Waals surface area contributed by atoms with Crippen LogP contribution < -0.4 is 5.32 Å². The average Bonchev–Trinajstić information content (AvgIpc) is 2.88. The number of benzene rings is 1. The molecule has 1 aromatic rings. The van der Waals surface area contributed by atoms with Crippen molar-refractivity contribution in [1.29, 1.82) is 0 Å². The molecule has 1 aromatic carbocycles. The Balaban J connectivity index is 2.17. The van der Waals surface area contributed by atoms with Gasteiger partial charge in [0.15, 0.2) is 9.84 Å². The minimum atomic E-state index is -3.28. The Morgan fingerprint density at radius 1 is 1.35 bits per heavy atom. The summed E-state index contributed by atoms with van der Waals surface area (Å²) in [6.45, 7) is 1.61. The van der Waals surface area contributed by atoms with Crippen LogP contribution in [0.1, 0.15) is 26.2 Å². The number of rotatable bonds is 5. The van der Waals surface area contributed by atoms with E-state index < -0.39 is 15.8 Å². The minimum absolute atomic E-state index is 0.0179. The van der Waals surface area contributed by atoms with E-state index in [1.54, 1.807) is 31.2 Å². The largest absolute Gasteiger partial charge is 0.481 e. The van der Waals surface area contributed by atoms with Crippen LogP contribution in [0.4, 0.5) is 5.69 Å². The molecule has 1 aliphatic carbocycles. The van der Waals surface area contributed by atoms with Gasteiger partial charge in [0.25, 0.3) is 0 Å². The van der Waals surface area contributed by atoms with E-state index in [0.717, 1.165) is 6.42 Å². The first kappa shape index (κ1) is 14.8. The minimum Gasteiger partial charge on any atom is -0.481 e. The molecule has 0 aliphatic heterocycles. The molecular formula is C14H19NO4S. The molecule has 0 heterocycles. The molecule has 1 saturated carbocycles. The van der Waals surface area contributed by atoms with Crippen LogP contribution in [0.2, 0.25) is 0 Å². The lowest BCUT2D eigenvalue weighted by Gasteiger charge is -2.17. The van der Waals surface area contributed by atoms with Gasteiger partial charge in [-0.05, 0) is 31.4 Å². The lowest BCUT2D eigenvalue weighted by molar-refractivity contribution is -0.141. The van der Waals surface area contributed by atoms with E-state index in [1.807, 2.05) is 0 Å². The first-order valence-corrected chi connectivity index (χ1v) is 8.40. The molecule has 0 spiro atoms. The number of carboxylic acid groups (broad SMARTS) is 1. The molecule has 0 unspecified atom stereocenters. The van der Waals surface area contributed by atoms with Crippen molar-refractivity contribution in [2.45, 2.75) is 37.1 Å². The van der Waals surface area contributed by atoms with E-state index in [9.17, 15) is 13.2 Å². The number of carboxylic acids is 1. The second kappa shape index (κ2) is 5.83. The van der Waals surface area contributed by atoms with Crippen LogP contribution in [0.3, 0.4) is 0 Å². The van der Waals surface area contributed by atoms with Gasteiger partial charge in [-0.3, -0.25) is 4.79 Å². The summed E-state index contributed by atoms with van der Waals surface area (Å²) in [5, 5.41) is 12.2. The van der Waals surface area contributed by atoms with Gasteiger partial charge in [0.05, 0.1) is 22.3 Å². The molecule has 110 valence electrons. The van der Waals surface area contributed by atoms with Crippen LogP contribution >= 0.6 is 0 Å². The summed E-state index contributed by atoms with van der Waals surface area (Å²) in [6.07, 6.45) is 1.92. The zero-order valence-electron chi connectivity index (χ0n) is 11.4. The number of anilines is 1. The summed E-state index contributed by atoms with van der Waals surface area (Å²) in [5.41, 5.74) is 0.574. The third-order valence-electron chi connectivity index (χ3n) is 3.74. The highest BCUT2D eigenvalue weighted by Crippen LogP contribution is 2.30. The van der Waals surface area contributed by atoms with Crippen molar-refractivity contribution in [1.82, 2.24) is 0 Å². The van der Waals surface area contributed by atoms with E-state index in [4.69, 9.17) is 5.11 Å². The number of hydrogen-bond acceptors (Lipinski definition) is 4. The van der Waals surface area contributed by atoms with Crippen molar-refractivity contribution in [2.75, 3.05) is 11.1 Å². The number of nitrogens with one attached hydrogen (secondary N) is 1. The molecule has 0 saturated heterocycles. The van der Waals surface area contributed by atoms with E-state index in [2.05, 4.69) is 5.32 Å². The number of hydrogen-bond donors (Lipinski definition) is 2. The van der Waals surface area contributed by atoms with E-state index in [1.165, 1.54) is 0 Å². The van der Waals surface area contributed by atoms with E-state index in [-0.39, 0.29) is 17.7 Å². The molecule has 1 aliphatic rings. The maximum absolute atomic E-state index is 12.0. The third-order valence-corrected chi connectivity index (χ3v) is 5.53. The zero-order valence-corrected chi connectivity index (χ0v) is 12.2. The molecule has 0 bridgehead atoms. The molecule has 20 heavy (non-hydrogen) atoms. The second-order valence-corrected chi connectivity index (χ2v) is 7.34. The topological polar surface area (TPSA) is 83.5 Å². The highest BCUT2D eigenvalue weighted by Gasteiger charge is 2.30. The third kappa shape index (κ3) is 3.12. The molecule has 0 amide bonds. The molecule has 0 radical (unpaired) electrons. The average molecular weight is 297 g/mol. The number of para-hydroxylation sites is 1. The van der Waals surface area contributed by atoms with Crippen LogP contribution in [-0.2, 0) is 14.6 Å². The Labute approximate surface area is 118 Å². The van der Waals surface area contributed by atoms with Crippen molar-refractivity contribution in [3.8, 4) is 0 Å². The second-order valence-electron chi connectivity index (χ2n) is 5.09. The summed E-state index contributed by atoms with van der Waals surface area (Å²) < 4.78 is 24.1. The zero-order chi connectivity index (χ0) is 14.8. The van der Waals surface area contributed by atoms with Gasteiger partial charge in [-0.15, -0.1) is 0 Å². The van der Waals surface area contributed by atoms with Crippen LogP contribution in [0.25, 0.3) is 0 Å². The molecule has 6 heteroatoms. The fraction of sp³-hybridized carbons (Fsp3) is 0.500. The van der Waals surface area contributed by atoms with Gasteiger partial charge in [-0.2, -0.15) is 0 Å². The first-order chi connectivity index (χ1) is 9.44. The van der Waals surface area contributed by atoms with Crippen LogP contribution in [0.5, 0.6) is 0 Å². The summed E-state index contributed by atoms with van der Waals surface area (Å²) in [7, 11) is -3.28. The highest BCUT2D eigenvalue weighted by atomic mass is 32.2. The van der Waals surface area contributed by atoms with Gasteiger partial charge in [0.2, 0.25) is 0 Å². The number of aliphatic carboxylic acids is 1. The van der Waals surface area contributed by atoms with Gasteiger partial charge in [-0.1, -0.05) is 19.1 Å². The van der Waals surface area contributed by atoms with Gasteiger partial charge in [-0.25, -0.2) is 8.42 Å². The quantitative estimate of drug-likeness (QED) is 0.870. The number of carbonyl (C=O) groups is 1. The van der Waals surface area contributed by atoms with Gasteiger partial charge in [0.1, 0.15) is 0 Å². The van der Waals surface area contributed by atoms with Gasteiger partial charge < -0.3 is 10.4 Å². The number of sulfone groups is 1. The van der Waals surface area contributed by atoms with Crippen molar-refractivity contribution in [3.05, 3.63) is 24.3 Å². The maximum atomic E-state index is 12.0. The molecule has 1 fully saturated rings. The van der Waals surface area contributed by atoms with Crippen molar-refractivity contribution < 1.29 is 18.3 Å². The normalized spacial score (nSPS) is 22.6. The summed E-state index contributed by atoms with van der Waals surface area (Å²) in [4.78, 5) is 11.2. The Kier molecular flexibility index (Phi) is 4.32.